The molecule has 0 atom stereocenters. The van der Waals surface area contributed by atoms with E-state index in [0.717, 1.165) is 33.5 Å². The van der Waals surface area contributed by atoms with E-state index in [1.165, 1.54) is 10.9 Å². The van der Waals surface area contributed by atoms with Gasteiger partial charge in [-0.25, -0.2) is 4.98 Å². The zero-order chi connectivity index (χ0) is 15.3. The summed E-state index contributed by atoms with van der Waals surface area (Å²) in [6.45, 7) is 4.39. The molecule has 4 N–H and O–H groups in total. The van der Waals surface area contributed by atoms with Crippen LogP contribution in [0.3, 0.4) is 0 Å². The van der Waals surface area contributed by atoms with Crippen LogP contribution in [0.15, 0.2) is 36.7 Å². The van der Waals surface area contributed by atoms with E-state index < -0.39 is 0 Å². The molecule has 0 aliphatic carbocycles. The minimum absolute atomic E-state index is 0.376. The van der Waals surface area contributed by atoms with Crippen LogP contribution >= 0.6 is 0 Å². The molecular formula is C17H17N5. The monoisotopic (exact) mass is 291 g/mol. The van der Waals surface area contributed by atoms with E-state index in [2.05, 4.69) is 34.0 Å². The maximum absolute atomic E-state index is 5.98. The largest absolute Gasteiger partial charge is 0.399 e. The van der Waals surface area contributed by atoms with E-state index in [4.69, 9.17) is 5.73 Å². The number of fused-ring (bicyclic) bond motifs is 2. The van der Waals surface area contributed by atoms with Gasteiger partial charge in [0.05, 0.1) is 11.9 Å². The summed E-state index contributed by atoms with van der Waals surface area (Å²) in [6.07, 6.45) is 3.63. The molecule has 4 aromatic rings. The Morgan fingerprint density at radius 2 is 2.00 bits per heavy atom. The average molecular weight is 291 g/mol. The first-order chi connectivity index (χ1) is 10.6. The maximum atomic E-state index is 5.98. The number of nitrogens with one attached hydrogen (secondary N) is 2. The van der Waals surface area contributed by atoms with E-state index >= 15 is 0 Å². The second-order valence-electron chi connectivity index (χ2n) is 5.86. The molecule has 4 rings (SSSR count). The van der Waals surface area contributed by atoms with Crippen molar-refractivity contribution < 1.29 is 0 Å². The number of anilines is 1. The molecule has 0 saturated carbocycles. The molecule has 22 heavy (non-hydrogen) atoms. The van der Waals surface area contributed by atoms with Crippen molar-refractivity contribution in [3.8, 4) is 11.3 Å². The summed E-state index contributed by atoms with van der Waals surface area (Å²) in [6, 6.07) is 8.02. The van der Waals surface area contributed by atoms with Crippen LogP contribution in [0.25, 0.3) is 33.2 Å². The van der Waals surface area contributed by atoms with Gasteiger partial charge in [0.25, 0.3) is 0 Å². The predicted molar refractivity (Wildman–Crippen MR) is 89.7 cm³/mol. The molecule has 0 saturated heterocycles. The van der Waals surface area contributed by atoms with Crippen molar-refractivity contribution in [1.29, 1.82) is 0 Å². The first-order valence-electron chi connectivity index (χ1n) is 7.34. The Morgan fingerprint density at radius 1 is 1.14 bits per heavy atom. The van der Waals surface area contributed by atoms with Crippen LogP contribution in [0.4, 0.5) is 5.69 Å². The van der Waals surface area contributed by atoms with Gasteiger partial charge in [-0.15, -0.1) is 0 Å². The van der Waals surface area contributed by atoms with E-state index in [9.17, 15) is 0 Å². The molecule has 0 spiro atoms. The minimum atomic E-state index is 0.376. The Labute approximate surface area is 127 Å². The Balaban J connectivity index is 2.10. The number of benzene rings is 1. The lowest BCUT2D eigenvalue weighted by molar-refractivity contribution is 0.878. The van der Waals surface area contributed by atoms with Crippen LogP contribution in [-0.2, 0) is 0 Å². The van der Waals surface area contributed by atoms with Gasteiger partial charge in [-0.1, -0.05) is 13.8 Å². The number of hydrogen-bond acceptors (Lipinski definition) is 3. The van der Waals surface area contributed by atoms with Gasteiger partial charge in [0.1, 0.15) is 0 Å². The number of aromatic nitrogens is 4. The molecule has 0 radical (unpaired) electrons. The maximum Gasteiger partial charge on any atom is 0.155 e. The van der Waals surface area contributed by atoms with Crippen LogP contribution in [0.1, 0.15) is 25.3 Å². The first-order valence-corrected chi connectivity index (χ1v) is 7.34. The molecule has 0 bridgehead atoms. The average Bonchev–Trinajstić information content (AvgIpc) is 3.10. The Hall–Kier alpha value is -2.82. The smallest absolute Gasteiger partial charge is 0.155 e. The summed E-state index contributed by atoms with van der Waals surface area (Å²) in [5.41, 5.74) is 12.1. The number of rotatable bonds is 2. The van der Waals surface area contributed by atoms with Crippen molar-refractivity contribution in [2.24, 2.45) is 0 Å². The SMILES string of the molecule is CC(C)c1c(-c2ccnc3[nH]ncc23)[nH]c2ccc(N)cc12. The fraction of sp³-hybridized carbons (Fsp3) is 0.176. The van der Waals surface area contributed by atoms with E-state index in [-0.39, 0.29) is 0 Å². The molecule has 0 unspecified atom stereocenters. The summed E-state index contributed by atoms with van der Waals surface area (Å²) in [5, 5.41) is 9.23. The van der Waals surface area contributed by atoms with Crippen molar-refractivity contribution >= 4 is 27.6 Å². The number of H-pyrrole nitrogens is 2. The fourth-order valence-electron chi connectivity index (χ4n) is 3.11. The quantitative estimate of drug-likeness (QED) is 0.491. The van der Waals surface area contributed by atoms with Gasteiger partial charge in [0.2, 0.25) is 0 Å². The summed E-state index contributed by atoms with van der Waals surface area (Å²) < 4.78 is 0. The fourth-order valence-corrected chi connectivity index (χ4v) is 3.11. The second kappa shape index (κ2) is 4.59. The number of pyridine rings is 1. The molecule has 0 aliphatic heterocycles. The van der Waals surface area contributed by atoms with Gasteiger partial charge in [-0.3, -0.25) is 5.10 Å². The molecule has 5 heteroatoms. The molecule has 0 amide bonds. The normalized spacial score (nSPS) is 11.8. The topological polar surface area (TPSA) is 83.4 Å². The number of nitrogen functional groups attached to an aromatic ring is 1. The highest BCUT2D eigenvalue weighted by Crippen LogP contribution is 2.38. The third-order valence-corrected chi connectivity index (χ3v) is 4.06. The van der Waals surface area contributed by atoms with Crippen molar-refractivity contribution in [3.63, 3.8) is 0 Å². The molecule has 0 aliphatic rings. The van der Waals surface area contributed by atoms with Crippen molar-refractivity contribution in [1.82, 2.24) is 20.2 Å². The van der Waals surface area contributed by atoms with Gasteiger partial charge >= 0.3 is 0 Å². The van der Waals surface area contributed by atoms with E-state index in [0.29, 0.717) is 5.92 Å². The molecular weight excluding hydrogens is 274 g/mol. The second-order valence-corrected chi connectivity index (χ2v) is 5.86. The van der Waals surface area contributed by atoms with Crippen LogP contribution < -0.4 is 5.73 Å². The molecule has 5 nitrogen and oxygen atoms in total. The molecule has 110 valence electrons. The number of aromatic amines is 2. The van der Waals surface area contributed by atoms with Crippen LogP contribution in [0.5, 0.6) is 0 Å². The summed E-state index contributed by atoms with van der Waals surface area (Å²) in [4.78, 5) is 7.86. The molecule has 1 aromatic carbocycles. The number of nitrogens with zero attached hydrogens (tertiary/aromatic N) is 2. The highest BCUT2D eigenvalue weighted by molar-refractivity contribution is 5.99. The molecule has 0 fully saturated rings. The minimum Gasteiger partial charge on any atom is -0.399 e. The molecule has 3 heterocycles. The van der Waals surface area contributed by atoms with Crippen molar-refractivity contribution in [3.05, 3.63) is 42.2 Å². The Morgan fingerprint density at radius 3 is 2.82 bits per heavy atom. The Kier molecular flexibility index (Phi) is 2.69. The van der Waals surface area contributed by atoms with Crippen LogP contribution in [0.2, 0.25) is 0 Å². The predicted octanol–water partition coefficient (Wildman–Crippen LogP) is 3.81. The van der Waals surface area contributed by atoms with Gasteiger partial charge in [0, 0.05) is 33.7 Å². The van der Waals surface area contributed by atoms with E-state index in [1.807, 2.05) is 30.5 Å². The highest BCUT2D eigenvalue weighted by atomic mass is 15.1. The van der Waals surface area contributed by atoms with Gasteiger partial charge in [-0.2, -0.15) is 5.10 Å². The third kappa shape index (κ3) is 1.79. The van der Waals surface area contributed by atoms with Gasteiger partial charge in [-0.05, 0) is 35.7 Å². The van der Waals surface area contributed by atoms with Crippen LogP contribution in [-0.4, -0.2) is 20.2 Å². The van der Waals surface area contributed by atoms with Gasteiger partial charge in [0.15, 0.2) is 5.65 Å². The standard InChI is InChI=1S/C17H17N5/c1-9(2)15-12-7-10(18)3-4-14(12)21-16(15)11-5-6-19-17-13(11)8-20-22-17/h3-9,21H,18H2,1-2H3,(H,19,20,22). The lowest BCUT2D eigenvalue weighted by Crippen LogP contribution is -1.91. The van der Waals surface area contributed by atoms with Gasteiger partial charge < -0.3 is 10.7 Å². The lowest BCUT2D eigenvalue weighted by Gasteiger charge is -2.09. The number of hydrogen-bond donors (Lipinski definition) is 3. The molecule has 3 aromatic heterocycles. The van der Waals surface area contributed by atoms with Crippen molar-refractivity contribution in [2.45, 2.75) is 19.8 Å². The third-order valence-electron chi connectivity index (χ3n) is 4.06. The highest BCUT2D eigenvalue weighted by Gasteiger charge is 2.18. The van der Waals surface area contributed by atoms with Crippen LogP contribution in [0, 0.1) is 0 Å². The Bertz CT molecular complexity index is 977. The summed E-state index contributed by atoms with van der Waals surface area (Å²) in [5.74, 6) is 0.376. The summed E-state index contributed by atoms with van der Waals surface area (Å²) >= 11 is 0. The lowest BCUT2D eigenvalue weighted by atomic mass is 9.95. The summed E-state index contributed by atoms with van der Waals surface area (Å²) in [7, 11) is 0. The first kappa shape index (κ1) is 12.9. The van der Waals surface area contributed by atoms with Crippen molar-refractivity contribution in [2.75, 3.05) is 5.73 Å². The number of nitrogens with two attached hydrogens (primary N) is 1. The zero-order valence-electron chi connectivity index (χ0n) is 12.5. The zero-order valence-corrected chi connectivity index (χ0v) is 12.5. The van der Waals surface area contributed by atoms with E-state index in [1.54, 1.807) is 6.20 Å².